The minimum atomic E-state index is -0.169. The first-order chi connectivity index (χ1) is 10.1. The second kappa shape index (κ2) is 6.44. The van der Waals surface area contributed by atoms with Crippen LogP contribution in [0.3, 0.4) is 0 Å². The number of nitrogens with zero attached hydrogens (tertiary/aromatic N) is 1. The standard InChI is InChI=1S/C16H16N4O/c1-19-16(21)14-7-6-13(18)8-15(14)20-10-12-4-2-11(9-17)3-5-12/h2-8,20H,10,18H2,1H3,(H,19,21). The maximum absolute atomic E-state index is 11.8. The minimum Gasteiger partial charge on any atom is -0.399 e. The second-order valence-electron chi connectivity index (χ2n) is 4.55. The molecule has 2 rings (SSSR count). The highest BCUT2D eigenvalue weighted by Crippen LogP contribution is 2.20. The van der Waals surface area contributed by atoms with Crippen LogP contribution in [0.5, 0.6) is 0 Å². The van der Waals surface area contributed by atoms with Crippen molar-refractivity contribution in [1.82, 2.24) is 5.32 Å². The second-order valence-corrected chi connectivity index (χ2v) is 4.55. The van der Waals surface area contributed by atoms with Crippen LogP contribution in [-0.2, 0) is 6.54 Å². The molecule has 5 heteroatoms. The van der Waals surface area contributed by atoms with Crippen molar-refractivity contribution < 1.29 is 4.79 Å². The number of nitriles is 1. The molecule has 1 amide bonds. The van der Waals surface area contributed by atoms with Gasteiger partial charge in [0, 0.05) is 25.0 Å². The van der Waals surface area contributed by atoms with E-state index in [9.17, 15) is 4.79 Å². The average Bonchev–Trinajstić information content (AvgIpc) is 2.52. The van der Waals surface area contributed by atoms with Gasteiger partial charge in [0.05, 0.1) is 17.2 Å². The predicted octanol–water partition coefficient (Wildman–Crippen LogP) is 2.11. The lowest BCUT2D eigenvalue weighted by Gasteiger charge is -2.12. The van der Waals surface area contributed by atoms with Crippen molar-refractivity contribution in [3.05, 3.63) is 59.2 Å². The number of carbonyl (C=O) groups excluding carboxylic acids is 1. The summed E-state index contributed by atoms with van der Waals surface area (Å²) in [5.41, 5.74) is 9.21. The van der Waals surface area contributed by atoms with Crippen molar-refractivity contribution in [2.75, 3.05) is 18.1 Å². The highest BCUT2D eigenvalue weighted by atomic mass is 16.1. The Morgan fingerprint density at radius 1 is 1.24 bits per heavy atom. The average molecular weight is 280 g/mol. The quantitative estimate of drug-likeness (QED) is 0.748. The number of carbonyl (C=O) groups is 1. The summed E-state index contributed by atoms with van der Waals surface area (Å²) in [6.45, 7) is 0.541. The van der Waals surface area contributed by atoms with Gasteiger partial charge in [-0.05, 0) is 35.9 Å². The zero-order chi connectivity index (χ0) is 15.2. The summed E-state index contributed by atoms with van der Waals surface area (Å²) in [5, 5.41) is 14.6. The van der Waals surface area contributed by atoms with Crippen LogP contribution in [0.15, 0.2) is 42.5 Å². The van der Waals surface area contributed by atoms with Gasteiger partial charge in [0.25, 0.3) is 5.91 Å². The molecule has 5 nitrogen and oxygen atoms in total. The first-order valence-corrected chi connectivity index (χ1v) is 6.48. The van der Waals surface area contributed by atoms with Gasteiger partial charge in [0.1, 0.15) is 0 Å². The van der Waals surface area contributed by atoms with Crippen molar-refractivity contribution >= 4 is 17.3 Å². The molecule has 0 radical (unpaired) electrons. The van der Waals surface area contributed by atoms with Crippen molar-refractivity contribution in [3.63, 3.8) is 0 Å². The van der Waals surface area contributed by atoms with E-state index in [0.29, 0.717) is 29.0 Å². The zero-order valence-corrected chi connectivity index (χ0v) is 11.7. The van der Waals surface area contributed by atoms with Gasteiger partial charge in [0.2, 0.25) is 0 Å². The fourth-order valence-corrected chi connectivity index (χ4v) is 1.94. The molecule has 0 saturated heterocycles. The van der Waals surface area contributed by atoms with E-state index >= 15 is 0 Å². The van der Waals surface area contributed by atoms with E-state index in [0.717, 1.165) is 5.56 Å². The molecule has 0 aliphatic rings. The molecule has 2 aromatic carbocycles. The van der Waals surface area contributed by atoms with Crippen LogP contribution in [0, 0.1) is 11.3 Å². The Kier molecular flexibility index (Phi) is 4.42. The molecule has 0 unspecified atom stereocenters. The Hall–Kier alpha value is -3.00. The van der Waals surface area contributed by atoms with E-state index < -0.39 is 0 Å². The van der Waals surface area contributed by atoms with E-state index in [1.807, 2.05) is 12.1 Å². The lowest BCUT2D eigenvalue weighted by molar-refractivity contribution is 0.0964. The van der Waals surface area contributed by atoms with Gasteiger partial charge in [-0.3, -0.25) is 4.79 Å². The van der Waals surface area contributed by atoms with Crippen molar-refractivity contribution in [2.24, 2.45) is 0 Å². The maximum atomic E-state index is 11.8. The third-order valence-corrected chi connectivity index (χ3v) is 3.08. The summed E-state index contributed by atoms with van der Waals surface area (Å²) >= 11 is 0. The largest absolute Gasteiger partial charge is 0.399 e. The number of nitrogens with one attached hydrogen (secondary N) is 2. The monoisotopic (exact) mass is 280 g/mol. The van der Waals surface area contributed by atoms with Crippen molar-refractivity contribution in [2.45, 2.75) is 6.54 Å². The molecule has 21 heavy (non-hydrogen) atoms. The highest BCUT2D eigenvalue weighted by Gasteiger charge is 2.10. The number of nitrogens with two attached hydrogens (primary N) is 1. The van der Waals surface area contributed by atoms with E-state index in [2.05, 4.69) is 16.7 Å². The number of anilines is 2. The van der Waals surface area contributed by atoms with Gasteiger partial charge >= 0.3 is 0 Å². The number of rotatable bonds is 4. The van der Waals surface area contributed by atoms with Crippen LogP contribution in [0.4, 0.5) is 11.4 Å². The molecule has 0 saturated carbocycles. The fraction of sp³-hybridized carbons (Fsp3) is 0.125. The number of hydrogen-bond donors (Lipinski definition) is 3. The Morgan fingerprint density at radius 2 is 1.95 bits per heavy atom. The molecule has 0 aliphatic carbocycles. The molecule has 2 aromatic rings. The van der Waals surface area contributed by atoms with Gasteiger partial charge in [0.15, 0.2) is 0 Å². The van der Waals surface area contributed by atoms with E-state index in [1.165, 1.54) is 0 Å². The van der Waals surface area contributed by atoms with Crippen LogP contribution in [0.2, 0.25) is 0 Å². The maximum Gasteiger partial charge on any atom is 0.253 e. The third-order valence-electron chi connectivity index (χ3n) is 3.08. The topological polar surface area (TPSA) is 90.9 Å². The summed E-state index contributed by atoms with van der Waals surface area (Å²) in [6, 6.07) is 14.5. The van der Waals surface area contributed by atoms with Gasteiger partial charge in [-0.1, -0.05) is 12.1 Å². The van der Waals surface area contributed by atoms with Gasteiger partial charge in [-0.25, -0.2) is 0 Å². The van der Waals surface area contributed by atoms with E-state index in [4.69, 9.17) is 11.0 Å². The van der Waals surface area contributed by atoms with Crippen LogP contribution in [0.25, 0.3) is 0 Å². The zero-order valence-electron chi connectivity index (χ0n) is 11.7. The van der Waals surface area contributed by atoms with Crippen LogP contribution < -0.4 is 16.4 Å². The summed E-state index contributed by atoms with van der Waals surface area (Å²) in [5.74, 6) is -0.169. The number of hydrogen-bond acceptors (Lipinski definition) is 4. The van der Waals surface area contributed by atoms with E-state index in [1.54, 1.807) is 37.4 Å². The number of nitrogen functional groups attached to an aromatic ring is 1. The SMILES string of the molecule is CNC(=O)c1ccc(N)cc1NCc1ccc(C#N)cc1. The van der Waals surface area contributed by atoms with Gasteiger partial charge in [-0.2, -0.15) is 5.26 Å². The van der Waals surface area contributed by atoms with Crippen molar-refractivity contribution in [3.8, 4) is 6.07 Å². The molecule has 0 heterocycles. The summed E-state index contributed by atoms with van der Waals surface area (Å²) in [4.78, 5) is 11.8. The Bertz CT molecular complexity index is 686. The summed E-state index contributed by atoms with van der Waals surface area (Å²) in [7, 11) is 1.59. The highest BCUT2D eigenvalue weighted by molar-refractivity contribution is 6.00. The van der Waals surface area contributed by atoms with Crippen molar-refractivity contribution in [1.29, 1.82) is 5.26 Å². The lowest BCUT2D eigenvalue weighted by Crippen LogP contribution is -2.19. The van der Waals surface area contributed by atoms with Gasteiger partial charge < -0.3 is 16.4 Å². The summed E-state index contributed by atoms with van der Waals surface area (Å²) < 4.78 is 0. The Balaban J connectivity index is 2.16. The molecular weight excluding hydrogens is 264 g/mol. The predicted molar refractivity (Wildman–Crippen MR) is 82.7 cm³/mol. The van der Waals surface area contributed by atoms with Crippen LogP contribution >= 0.6 is 0 Å². The Morgan fingerprint density at radius 3 is 2.57 bits per heavy atom. The minimum absolute atomic E-state index is 0.169. The first kappa shape index (κ1) is 14.4. The Labute approximate surface area is 123 Å². The molecule has 0 bridgehead atoms. The molecule has 0 spiro atoms. The fourth-order valence-electron chi connectivity index (χ4n) is 1.94. The third kappa shape index (κ3) is 3.51. The van der Waals surface area contributed by atoms with Crippen LogP contribution in [-0.4, -0.2) is 13.0 Å². The molecular formula is C16H16N4O. The van der Waals surface area contributed by atoms with Crippen LogP contribution in [0.1, 0.15) is 21.5 Å². The molecule has 0 atom stereocenters. The first-order valence-electron chi connectivity index (χ1n) is 6.48. The molecule has 4 N–H and O–H groups in total. The summed E-state index contributed by atoms with van der Waals surface area (Å²) in [6.07, 6.45) is 0. The molecule has 106 valence electrons. The number of benzene rings is 2. The van der Waals surface area contributed by atoms with E-state index in [-0.39, 0.29) is 5.91 Å². The smallest absolute Gasteiger partial charge is 0.253 e. The lowest BCUT2D eigenvalue weighted by atomic mass is 10.1. The molecule has 0 fully saturated rings. The molecule has 0 aromatic heterocycles. The normalized spacial score (nSPS) is 9.71. The number of amides is 1. The van der Waals surface area contributed by atoms with Gasteiger partial charge in [-0.15, -0.1) is 0 Å². The molecule has 0 aliphatic heterocycles.